The lowest BCUT2D eigenvalue weighted by atomic mass is 10.1. The van der Waals surface area contributed by atoms with Crippen LogP contribution < -0.4 is 0 Å². The van der Waals surface area contributed by atoms with E-state index in [0.29, 0.717) is 0 Å². The molecule has 86 valence electrons. The summed E-state index contributed by atoms with van der Waals surface area (Å²) in [5.74, 6) is -0.914. The molecule has 1 aliphatic rings. The Labute approximate surface area is 91.4 Å². The van der Waals surface area contributed by atoms with Gasteiger partial charge in [-0.25, -0.2) is 4.79 Å². The second-order valence-corrected chi connectivity index (χ2v) is 3.95. The Hall–Kier alpha value is -0.830. The molecule has 0 aliphatic carbocycles. The third kappa shape index (κ3) is 2.81. The van der Waals surface area contributed by atoms with Crippen molar-refractivity contribution in [1.82, 2.24) is 0 Å². The molecule has 2 unspecified atom stereocenters. The highest BCUT2D eigenvalue weighted by atomic mass is 16.8. The van der Waals surface area contributed by atoms with Crippen LogP contribution >= 0.6 is 0 Å². The van der Waals surface area contributed by atoms with Crippen molar-refractivity contribution >= 4 is 5.97 Å². The van der Waals surface area contributed by atoms with Crippen LogP contribution in [0.3, 0.4) is 0 Å². The van der Waals surface area contributed by atoms with E-state index in [0.717, 1.165) is 24.8 Å². The van der Waals surface area contributed by atoms with Gasteiger partial charge in [0, 0.05) is 12.5 Å². The third-order valence-electron chi connectivity index (χ3n) is 2.83. The van der Waals surface area contributed by atoms with E-state index >= 15 is 0 Å². The molecular weight excluding hydrogens is 192 g/mol. The SMILES string of the molecule is CCC(C)=CC(=O)OC1(CC)OC1CC. The topological polar surface area (TPSA) is 38.8 Å². The van der Waals surface area contributed by atoms with Crippen molar-refractivity contribution in [3.63, 3.8) is 0 Å². The quantitative estimate of drug-likeness (QED) is 0.399. The summed E-state index contributed by atoms with van der Waals surface area (Å²) < 4.78 is 10.8. The van der Waals surface area contributed by atoms with Crippen molar-refractivity contribution in [2.24, 2.45) is 0 Å². The van der Waals surface area contributed by atoms with Gasteiger partial charge in [0.25, 0.3) is 0 Å². The van der Waals surface area contributed by atoms with Crippen LogP contribution in [0, 0.1) is 0 Å². The second kappa shape index (κ2) is 4.79. The highest BCUT2D eigenvalue weighted by Gasteiger charge is 2.57. The highest BCUT2D eigenvalue weighted by Crippen LogP contribution is 2.42. The first-order valence-corrected chi connectivity index (χ1v) is 5.65. The number of carbonyl (C=O) groups excluding carboxylic acids is 1. The minimum Gasteiger partial charge on any atom is -0.427 e. The van der Waals surface area contributed by atoms with Crippen LogP contribution in [0.4, 0.5) is 0 Å². The molecule has 0 amide bonds. The van der Waals surface area contributed by atoms with Gasteiger partial charge < -0.3 is 9.47 Å². The summed E-state index contributed by atoms with van der Waals surface area (Å²) in [5.41, 5.74) is 1.03. The fourth-order valence-corrected chi connectivity index (χ4v) is 1.58. The van der Waals surface area contributed by atoms with Crippen LogP contribution in [-0.2, 0) is 14.3 Å². The number of allylic oxidation sites excluding steroid dienone is 1. The van der Waals surface area contributed by atoms with Crippen molar-refractivity contribution in [2.45, 2.75) is 58.8 Å². The molecule has 0 saturated carbocycles. The zero-order chi connectivity index (χ0) is 11.5. The molecule has 1 rings (SSSR count). The van der Waals surface area contributed by atoms with E-state index in [1.165, 1.54) is 0 Å². The van der Waals surface area contributed by atoms with Crippen LogP contribution in [0.15, 0.2) is 11.6 Å². The van der Waals surface area contributed by atoms with E-state index in [-0.39, 0.29) is 12.1 Å². The average Bonchev–Trinajstić information content (AvgIpc) is 2.91. The molecule has 3 nitrogen and oxygen atoms in total. The minimum atomic E-state index is -0.629. The molecule has 1 saturated heterocycles. The maximum Gasteiger partial charge on any atom is 0.333 e. The standard InChI is InChI=1S/C12H20O3/c1-5-9(4)8-11(13)15-12(7-3)10(6-2)14-12/h8,10H,5-7H2,1-4H3. The average molecular weight is 212 g/mol. The van der Waals surface area contributed by atoms with Gasteiger partial charge in [-0.15, -0.1) is 0 Å². The lowest BCUT2D eigenvalue weighted by Crippen LogP contribution is -2.22. The molecule has 0 aromatic carbocycles. The lowest BCUT2D eigenvalue weighted by molar-refractivity contribution is -0.153. The van der Waals surface area contributed by atoms with Gasteiger partial charge in [-0.3, -0.25) is 0 Å². The molecule has 1 fully saturated rings. The Kier molecular flexibility index (Phi) is 3.91. The fraction of sp³-hybridized carbons (Fsp3) is 0.750. The molecule has 2 atom stereocenters. The van der Waals surface area contributed by atoms with E-state index in [2.05, 4.69) is 0 Å². The van der Waals surface area contributed by atoms with Gasteiger partial charge in [0.2, 0.25) is 5.79 Å². The molecule has 3 heteroatoms. The summed E-state index contributed by atoms with van der Waals surface area (Å²) in [7, 11) is 0. The number of epoxide rings is 1. The van der Waals surface area contributed by atoms with Crippen molar-refractivity contribution in [1.29, 1.82) is 0 Å². The molecular formula is C12H20O3. The number of rotatable bonds is 5. The summed E-state index contributed by atoms with van der Waals surface area (Å²) in [5, 5.41) is 0. The van der Waals surface area contributed by atoms with Gasteiger partial charge in [-0.1, -0.05) is 26.3 Å². The lowest BCUT2D eigenvalue weighted by Gasteiger charge is -2.10. The van der Waals surface area contributed by atoms with Crippen molar-refractivity contribution in [2.75, 3.05) is 0 Å². The normalized spacial score (nSPS) is 30.1. The first-order valence-electron chi connectivity index (χ1n) is 5.65. The molecule has 1 heterocycles. The summed E-state index contributed by atoms with van der Waals surface area (Å²) in [6.07, 6.45) is 4.10. The summed E-state index contributed by atoms with van der Waals surface area (Å²) in [6, 6.07) is 0. The van der Waals surface area contributed by atoms with Gasteiger partial charge in [0.05, 0.1) is 0 Å². The summed E-state index contributed by atoms with van der Waals surface area (Å²) in [4.78, 5) is 11.5. The number of hydrogen-bond acceptors (Lipinski definition) is 3. The third-order valence-corrected chi connectivity index (χ3v) is 2.83. The molecule has 15 heavy (non-hydrogen) atoms. The van der Waals surface area contributed by atoms with E-state index in [9.17, 15) is 4.79 Å². The zero-order valence-electron chi connectivity index (χ0n) is 10.0. The van der Waals surface area contributed by atoms with Crippen LogP contribution in [0.1, 0.15) is 47.0 Å². The number of ether oxygens (including phenoxy) is 2. The summed E-state index contributed by atoms with van der Waals surface area (Å²) in [6.45, 7) is 7.94. The van der Waals surface area contributed by atoms with Crippen LogP contribution in [-0.4, -0.2) is 17.9 Å². The Morgan fingerprint density at radius 2 is 2.13 bits per heavy atom. The largest absolute Gasteiger partial charge is 0.427 e. The van der Waals surface area contributed by atoms with Crippen molar-refractivity contribution < 1.29 is 14.3 Å². The second-order valence-electron chi connectivity index (χ2n) is 3.95. The Morgan fingerprint density at radius 1 is 1.47 bits per heavy atom. The molecule has 0 aromatic heterocycles. The summed E-state index contributed by atoms with van der Waals surface area (Å²) >= 11 is 0. The van der Waals surface area contributed by atoms with Gasteiger partial charge >= 0.3 is 5.97 Å². The van der Waals surface area contributed by atoms with Crippen LogP contribution in [0.2, 0.25) is 0 Å². The van der Waals surface area contributed by atoms with Gasteiger partial charge in [0.1, 0.15) is 6.10 Å². The maximum absolute atomic E-state index is 11.5. The van der Waals surface area contributed by atoms with Crippen LogP contribution in [0.25, 0.3) is 0 Å². The Morgan fingerprint density at radius 3 is 2.53 bits per heavy atom. The first kappa shape index (κ1) is 12.2. The van der Waals surface area contributed by atoms with E-state index in [1.54, 1.807) is 6.08 Å². The van der Waals surface area contributed by atoms with Crippen molar-refractivity contribution in [3.8, 4) is 0 Å². The molecule has 0 spiro atoms. The predicted octanol–water partition coefficient (Wildman–Crippen LogP) is 2.80. The van der Waals surface area contributed by atoms with E-state index in [1.807, 2.05) is 27.7 Å². The van der Waals surface area contributed by atoms with E-state index in [4.69, 9.17) is 9.47 Å². The molecule has 0 radical (unpaired) electrons. The maximum atomic E-state index is 11.5. The highest BCUT2D eigenvalue weighted by molar-refractivity contribution is 5.83. The van der Waals surface area contributed by atoms with Gasteiger partial charge in [0.15, 0.2) is 0 Å². The first-order chi connectivity index (χ1) is 7.07. The number of hydrogen-bond donors (Lipinski definition) is 0. The number of carbonyl (C=O) groups is 1. The monoisotopic (exact) mass is 212 g/mol. The van der Waals surface area contributed by atoms with Gasteiger partial charge in [-0.2, -0.15) is 0 Å². The van der Waals surface area contributed by atoms with Gasteiger partial charge in [-0.05, 0) is 19.8 Å². The Balaban J connectivity index is 2.51. The molecule has 0 N–H and O–H groups in total. The number of esters is 1. The fourth-order valence-electron chi connectivity index (χ4n) is 1.58. The molecule has 0 bridgehead atoms. The van der Waals surface area contributed by atoms with Crippen LogP contribution in [0.5, 0.6) is 0 Å². The van der Waals surface area contributed by atoms with E-state index < -0.39 is 5.79 Å². The zero-order valence-corrected chi connectivity index (χ0v) is 10.0. The Bertz CT molecular complexity index is 270. The smallest absolute Gasteiger partial charge is 0.333 e. The predicted molar refractivity (Wildman–Crippen MR) is 58.3 cm³/mol. The molecule has 1 aliphatic heterocycles. The molecule has 0 aromatic rings. The minimum absolute atomic E-state index is 0.0850. The van der Waals surface area contributed by atoms with Crippen molar-refractivity contribution in [3.05, 3.63) is 11.6 Å².